The SMILES string of the molecule is O=C(CN(c1ccc(Cl)c(Cl)c1)S(=O)(=O)c1ccccc1)Nc1ccccc1Cl. The summed E-state index contributed by atoms with van der Waals surface area (Å²) in [6.07, 6.45) is 0. The van der Waals surface area contributed by atoms with E-state index in [1.54, 1.807) is 42.5 Å². The number of nitrogens with one attached hydrogen (secondary N) is 1. The van der Waals surface area contributed by atoms with Crippen LogP contribution in [0.2, 0.25) is 15.1 Å². The van der Waals surface area contributed by atoms with Crippen molar-refractivity contribution >= 4 is 62.1 Å². The first-order chi connectivity index (χ1) is 13.8. The smallest absolute Gasteiger partial charge is 0.264 e. The quantitative estimate of drug-likeness (QED) is 0.520. The topological polar surface area (TPSA) is 66.5 Å². The van der Waals surface area contributed by atoms with Gasteiger partial charge in [-0.3, -0.25) is 9.10 Å². The van der Waals surface area contributed by atoms with Crippen molar-refractivity contribution in [2.24, 2.45) is 0 Å². The molecule has 0 aliphatic heterocycles. The van der Waals surface area contributed by atoms with E-state index < -0.39 is 22.5 Å². The number of rotatable bonds is 6. The molecule has 0 unspecified atom stereocenters. The molecule has 0 saturated carbocycles. The van der Waals surface area contributed by atoms with Gasteiger partial charge in [0.15, 0.2) is 0 Å². The van der Waals surface area contributed by atoms with Crippen molar-refractivity contribution in [3.05, 3.63) is 87.9 Å². The number of hydrogen-bond acceptors (Lipinski definition) is 3. The molecule has 0 aliphatic rings. The van der Waals surface area contributed by atoms with Crippen LogP contribution in [0.15, 0.2) is 77.7 Å². The molecule has 1 N–H and O–H groups in total. The fourth-order valence-electron chi connectivity index (χ4n) is 2.56. The monoisotopic (exact) mass is 468 g/mol. The lowest BCUT2D eigenvalue weighted by atomic mass is 10.3. The Morgan fingerprint density at radius 2 is 1.48 bits per heavy atom. The van der Waals surface area contributed by atoms with Gasteiger partial charge in [-0.05, 0) is 42.5 Å². The summed E-state index contributed by atoms with van der Waals surface area (Å²) in [6.45, 7) is -0.486. The maximum Gasteiger partial charge on any atom is 0.264 e. The van der Waals surface area contributed by atoms with Crippen LogP contribution in [0.5, 0.6) is 0 Å². The van der Waals surface area contributed by atoms with Crippen molar-refractivity contribution in [2.45, 2.75) is 4.90 Å². The van der Waals surface area contributed by atoms with E-state index in [0.717, 1.165) is 4.31 Å². The van der Waals surface area contributed by atoms with Crippen LogP contribution in [0.25, 0.3) is 0 Å². The Morgan fingerprint density at radius 1 is 0.828 bits per heavy atom. The average molecular weight is 470 g/mol. The van der Waals surface area contributed by atoms with Gasteiger partial charge in [-0.1, -0.05) is 65.1 Å². The van der Waals surface area contributed by atoms with Gasteiger partial charge in [0, 0.05) is 0 Å². The van der Waals surface area contributed by atoms with Crippen LogP contribution in [-0.2, 0) is 14.8 Å². The number of nitrogens with zero attached hydrogens (tertiary/aromatic N) is 1. The van der Waals surface area contributed by atoms with Gasteiger partial charge in [0.1, 0.15) is 6.54 Å². The van der Waals surface area contributed by atoms with Gasteiger partial charge in [-0.15, -0.1) is 0 Å². The van der Waals surface area contributed by atoms with E-state index in [9.17, 15) is 13.2 Å². The van der Waals surface area contributed by atoms with Gasteiger partial charge in [0.05, 0.1) is 31.3 Å². The molecular formula is C20H15Cl3N2O3S. The van der Waals surface area contributed by atoms with Gasteiger partial charge < -0.3 is 5.32 Å². The van der Waals surface area contributed by atoms with Crippen molar-refractivity contribution in [1.82, 2.24) is 0 Å². The van der Waals surface area contributed by atoms with Crippen molar-refractivity contribution in [3.63, 3.8) is 0 Å². The Morgan fingerprint density at radius 3 is 2.14 bits per heavy atom. The Hall–Kier alpha value is -2.25. The minimum absolute atomic E-state index is 0.0385. The molecular weight excluding hydrogens is 455 g/mol. The summed E-state index contributed by atoms with van der Waals surface area (Å²) in [7, 11) is -4.04. The van der Waals surface area contributed by atoms with Crippen LogP contribution in [0, 0.1) is 0 Å². The molecule has 0 heterocycles. The lowest BCUT2D eigenvalue weighted by Crippen LogP contribution is -2.38. The maximum absolute atomic E-state index is 13.2. The zero-order valence-electron chi connectivity index (χ0n) is 14.8. The van der Waals surface area contributed by atoms with Crippen LogP contribution in [-0.4, -0.2) is 20.9 Å². The summed E-state index contributed by atoms with van der Waals surface area (Å²) in [4.78, 5) is 12.7. The summed E-state index contributed by atoms with van der Waals surface area (Å²) < 4.78 is 27.4. The minimum atomic E-state index is -4.04. The van der Waals surface area contributed by atoms with Gasteiger partial charge in [-0.25, -0.2) is 8.42 Å². The number of benzene rings is 3. The summed E-state index contributed by atoms with van der Waals surface area (Å²) in [5.74, 6) is -0.566. The third-order valence-electron chi connectivity index (χ3n) is 3.96. The second-order valence-electron chi connectivity index (χ2n) is 5.95. The van der Waals surface area contributed by atoms with E-state index in [1.807, 2.05) is 0 Å². The fraction of sp³-hybridized carbons (Fsp3) is 0.0500. The molecule has 29 heavy (non-hydrogen) atoms. The molecule has 0 aromatic heterocycles. The first kappa shape index (κ1) is 21.5. The summed E-state index contributed by atoms with van der Waals surface area (Å²) >= 11 is 18.1. The molecule has 0 bridgehead atoms. The lowest BCUT2D eigenvalue weighted by Gasteiger charge is -2.24. The predicted molar refractivity (Wildman–Crippen MR) is 118 cm³/mol. The first-order valence-electron chi connectivity index (χ1n) is 8.36. The summed E-state index contributed by atoms with van der Waals surface area (Å²) in [6, 6.07) is 18.8. The van der Waals surface area contributed by atoms with Crippen molar-refractivity contribution in [1.29, 1.82) is 0 Å². The number of amides is 1. The van der Waals surface area contributed by atoms with E-state index in [2.05, 4.69) is 5.32 Å². The summed E-state index contributed by atoms with van der Waals surface area (Å²) in [5.41, 5.74) is 0.586. The number of anilines is 2. The molecule has 1 amide bonds. The van der Waals surface area contributed by atoms with Gasteiger partial charge in [0.2, 0.25) is 5.91 Å². The molecule has 9 heteroatoms. The van der Waals surface area contributed by atoms with E-state index in [4.69, 9.17) is 34.8 Å². The fourth-order valence-corrected chi connectivity index (χ4v) is 4.47. The highest BCUT2D eigenvalue weighted by Gasteiger charge is 2.27. The van der Waals surface area contributed by atoms with Crippen LogP contribution >= 0.6 is 34.8 Å². The number of carbonyl (C=O) groups is 1. The molecule has 150 valence electrons. The molecule has 3 rings (SSSR count). The van der Waals surface area contributed by atoms with Crippen molar-refractivity contribution in [3.8, 4) is 0 Å². The Bertz CT molecular complexity index is 1140. The molecule has 3 aromatic rings. The van der Waals surface area contributed by atoms with E-state index in [-0.39, 0.29) is 20.6 Å². The largest absolute Gasteiger partial charge is 0.323 e. The van der Waals surface area contributed by atoms with Crippen LogP contribution in [0.1, 0.15) is 0 Å². The minimum Gasteiger partial charge on any atom is -0.323 e. The zero-order valence-corrected chi connectivity index (χ0v) is 17.9. The molecule has 0 spiro atoms. The Labute approximate surface area is 183 Å². The van der Waals surface area contributed by atoms with Crippen molar-refractivity contribution in [2.75, 3.05) is 16.2 Å². The highest BCUT2D eigenvalue weighted by atomic mass is 35.5. The predicted octanol–water partition coefficient (Wildman–Crippen LogP) is 5.48. The molecule has 0 radical (unpaired) electrons. The number of carbonyl (C=O) groups excluding carboxylic acids is 1. The Balaban J connectivity index is 1.98. The highest BCUT2D eigenvalue weighted by Crippen LogP contribution is 2.30. The van der Waals surface area contributed by atoms with E-state index in [1.165, 1.54) is 30.3 Å². The van der Waals surface area contributed by atoms with Gasteiger partial charge in [-0.2, -0.15) is 0 Å². The normalized spacial score (nSPS) is 11.1. The standard InChI is InChI=1S/C20H15Cl3N2O3S/c21-16-11-10-14(12-18(16)23)25(29(27,28)15-6-2-1-3-7-15)13-20(26)24-19-9-5-4-8-17(19)22/h1-12H,13H2,(H,24,26). The second-order valence-corrected chi connectivity index (χ2v) is 9.04. The molecule has 0 atom stereocenters. The third kappa shape index (κ3) is 5.03. The number of halogens is 3. The highest BCUT2D eigenvalue weighted by molar-refractivity contribution is 7.92. The van der Waals surface area contributed by atoms with E-state index >= 15 is 0 Å². The number of sulfonamides is 1. The molecule has 0 aliphatic carbocycles. The maximum atomic E-state index is 13.2. The molecule has 3 aromatic carbocycles. The van der Waals surface area contributed by atoms with Crippen LogP contribution in [0.4, 0.5) is 11.4 Å². The lowest BCUT2D eigenvalue weighted by molar-refractivity contribution is -0.114. The van der Waals surface area contributed by atoms with Gasteiger partial charge in [0.25, 0.3) is 10.0 Å². The zero-order chi connectivity index (χ0) is 21.0. The Kier molecular flexibility index (Phi) is 6.70. The van der Waals surface area contributed by atoms with Crippen LogP contribution < -0.4 is 9.62 Å². The molecule has 0 saturated heterocycles. The summed E-state index contributed by atoms with van der Waals surface area (Å²) in [5, 5.41) is 3.41. The second kappa shape index (κ2) is 9.05. The average Bonchev–Trinajstić information content (AvgIpc) is 2.71. The van der Waals surface area contributed by atoms with Crippen molar-refractivity contribution < 1.29 is 13.2 Å². The first-order valence-corrected chi connectivity index (χ1v) is 10.9. The van der Waals surface area contributed by atoms with Crippen LogP contribution in [0.3, 0.4) is 0 Å². The molecule has 0 fully saturated rings. The number of hydrogen-bond donors (Lipinski definition) is 1. The number of para-hydroxylation sites is 1. The third-order valence-corrected chi connectivity index (χ3v) is 6.81. The molecule has 5 nitrogen and oxygen atoms in total. The van der Waals surface area contributed by atoms with E-state index in [0.29, 0.717) is 10.7 Å². The van der Waals surface area contributed by atoms with Gasteiger partial charge >= 0.3 is 0 Å².